The molecular formula is C14H21N3O4. The minimum atomic E-state index is -0.895. The largest absolute Gasteiger partial charge is 0.481 e. The van der Waals surface area contributed by atoms with Crippen molar-refractivity contribution in [3.63, 3.8) is 0 Å². The molecule has 21 heavy (non-hydrogen) atoms. The number of nitrogens with zero attached hydrogens (tertiary/aromatic N) is 1. The Bertz CT molecular complexity index is 457. The van der Waals surface area contributed by atoms with Gasteiger partial charge in [0.1, 0.15) is 6.04 Å². The van der Waals surface area contributed by atoms with Crippen molar-refractivity contribution >= 4 is 17.9 Å². The van der Waals surface area contributed by atoms with Crippen LogP contribution in [0.4, 0.5) is 4.79 Å². The van der Waals surface area contributed by atoms with Crippen LogP contribution in [-0.2, 0) is 9.59 Å². The molecule has 0 bridgehead atoms. The van der Waals surface area contributed by atoms with E-state index in [-0.39, 0.29) is 11.9 Å². The summed E-state index contributed by atoms with van der Waals surface area (Å²) in [5.41, 5.74) is 0. The SMILES string of the molecule is CC(NC(=O)NC1C=CC(C(=O)O)C1)C(=O)N1CCCC1. The molecule has 7 nitrogen and oxygen atoms in total. The summed E-state index contributed by atoms with van der Waals surface area (Å²) in [6.07, 6.45) is 5.61. The molecule has 1 saturated heterocycles. The lowest BCUT2D eigenvalue weighted by Crippen LogP contribution is -2.50. The molecule has 0 radical (unpaired) electrons. The molecule has 3 N–H and O–H groups in total. The van der Waals surface area contributed by atoms with Gasteiger partial charge in [0.15, 0.2) is 0 Å². The van der Waals surface area contributed by atoms with Gasteiger partial charge in [-0.1, -0.05) is 12.2 Å². The molecule has 3 amide bonds. The first-order valence-corrected chi connectivity index (χ1v) is 7.24. The average Bonchev–Trinajstić information content (AvgIpc) is 3.08. The Morgan fingerprint density at radius 3 is 2.48 bits per heavy atom. The van der Waals surface area contributed by atoms with Crippen LogP contribution in [0.2, 0.25) is 0 Å². The summed E-state index contributed by atoms with van der Waals surface area (Å²) in [5.74, 6) is -1.53. The molecule has 2 rings (SSSR count). The van der Waals surface area contributed by atoms with Gasteiger partial charge >= 0.3 is 12.0 Å². The Labute approximate surface area is 123 Å². The van der Waals surface area contributed by atoms with Gasteiger partial charge in [0.05, 0.1) is 12.0 Å². The quantitative estimate of drug-likeness (QED) is 0.651. The number of likely N-dealkylation sites (tertiary alicyclic amines) is 1. The van der Waals surface area contributed by atoms with Crippen LogP contribution in [0.5, 0.6) is 0 Å². The van der Waals surface area contributed by atoms with E-state index in [4.69, 9.17) is 5.11 Å². The molecule has 7 heteroatoms. The minimum Gasteiger partial charge on any atom is -0.481 e. The number of hydrogen-bond donors (Lipinski definition) is 3. The van der Waals surface area contributed by atoms with Gasteiger partial charge in [-0.2, -0.15) is 0 Å². The molecular weight excluding hydrogens is 274 g/mol. The number of carbonyl (C=O) groups is 3. The predicted octanol–water partition coefficient (Wildman–Crippen LogP) is 0.326. The highest BCUT2D eigenvalue weighted by atomic mass is 16.4. The van der Waals surface area contributed by atoms with Gasteiger partial charge in [0, 0.05) is 13.1 Å². The van der Waals surface area contributed by atoms with Crippen LogP contribution in [0.3, 0.4) is 0 Å². The fraction of sp³-hybridized carbons (Fsp3) is 0.643. The van der Waals surface area contributed by atoms with Crippen molar-refractivity contribution in [2.45, 2.75) is 38.3 Å². The predicted molar refractivity (Wildman–Crippen MR) is 75.6 cm³/mol. The zero-order valence-corrected chi connectivity index (χ0v) is 12.0. The topological polar surface area (TPSA) is 98.7 Å². The van der Waals surface area contributed by atoms with Crippen molar-refractivity contribution < 1.29 is 19.5 Å². The maximum Gasteiger partial charge on any atom is 0.315 e. The van der Waals surface area contributed by atoms with Crippen LogP contribution in [0, 0.1) is 5.92 Å². The summed E-state index contributed by atoms with van der Waals surface area (Å²) in [6, 6.07) is -1.33. The number of rotatable bonds is 4. The Morgan fingerprint density at radius 2 is 1.90 bits per heavy atom. The Balaban J connectivity index is 1.75. The van der Waals surface area contributed by atoms with Gasteiger partial charge in [-0.15, -0.1) is 0 Å². The number of aliphatic carboxylic acids is 1. The second-order valence-corrected chi connectivity index (χ2v) is 5.54. The second-order valence-electron chi connectivity index (χ2n) is 5.54. The maximum absolute atomic E-state index is 12.1. The van der Waals surface area contributed by atoms with Crippen LogP contribution in [0.25, 0.3) is 0 Å². The third-order valence-electron chi connectivity index (χ3n) is 3.85. The highest BCUT2D eigenvalue weighted by molar-refractivity contribution is 5.87. The molecule has 3 unspecified atom stereocenters. The van der Waals surface area contributed by atoms with E-state index in [9.17, 15) is 14.4 Å². The number of hydrogen-bond acceptors (Lipinski definition) is 3. The lowest BCUT2D eigenvalue weighted by molar-refractivity contribution is -0.140. The molecule has 1 aliphatic carbocycles. The third-order valence-corrected chi connectivity index (χ3v) is 3.85. The summed E-state index contributed by atoms with van der Waals surface area (Å²) < 4.78 is 0. The maximum atomic E-state index is 12.1. The summed E-state index contributed by atoms with van der Waals surface area (Å²) in [6.45, 7) is 3.15. The smallest absolute Gasteiger partial charge is 0.315 e. The summed E-state index contributed by atoms with van der Waals surface area (Å²) in [5, 5.41) is 14.1. The zero-order chi connectivity index (χ0) is 15.4. The minimum absolute atomic E-state index is 0.0759. The molecule has 2 aliphatic rings. The van der Waals surface area contributed by atoms with E-state index in [1.165, 1.54) is 0 Å². The highest BCUT2D eigenvalue weighted by Crippen LogP contribution is 2.17. The van der Waals surface area contributed by atoms with Gasteiger partial charge in [-0.25, -0.2) is 4.79 Å². The van der Waals surface area contributed by atoms with Gasteiger partial charge in [-0.05, 0) is 26.2 Å². The summed E-state index contributed by atoms with van der Waals surface area (Å²) in [7, 11) is 0. The Morgan fingerprint density at radius 1 is 1.24 bits per heavy atom. The van der Waals surface area contributed by atoms with Gasteiger partial charge < -0.3 is 20.6 Å². The van der Waals surface area contributed by atoms with Crippen molar-refractivity contribution in [3.05, 3.63) is 12.2 Å². The fourth-order valence-electron chi connectivity index (χ4n) is 2.67. The number of carbonyl (C=O) groups excluding carboxylic acids is 2. The monoisotopic (exact) mass is 295 g/mol. The molecule has 0 saturated carbocycles. The van der Waals surface area contributed by atoms with Crippen molar-refractivity contribution in [3.8, 4) is 0 Å². The van der Waals surface area contributed by atoms with E-state index in [1.807, 2.05) is 0 Å². The van der Waals surface area contributed by atoms with Crippen molar-refractivity contribution in [2.75, 3.05) is 13.1 Å². The number of nitrogens with one attached hydrogen (secondary N) is 2. The van der Waals surface area contributed by atoms with Crippen LogP contribution in [-0.4, -0.2) is 53.1 Å². The van der Waals surface area contributed by atoms with Crippen LogP contribution >= 0.6 is 0 Å². The van der Waals surface area contributed by atoms with Gasteiger partial charge in [-0.3, -0.25) is 9.59 Å². The lowest BCUT2D eigenvalue weighted by atomic mass is 10.1. The molecule has 1 fully saturated rings. The summed E-state index contributed by atoms with van der Waals surface area (Å²) in [4.78, 5) is 36.5. The first-order chi connectivity index (χ1) is 9.97. The second kappa shape index (κ2) is 6.60. The van der Waals surface area contributed by atoms with Crippen LogP contribution in [0.15, 0.2) is 12.2 Å². The number of amides is 3. The number of carboxylic acids is 1. The van der Waals surface area contributed by atoms with Crippen LogP contribution < -0.4 is 10.6 Å². The molecule has 1 aliphatic heterocycles. The van der Waals surface area contributed by atoms with Crippen molar-refractivity contribution in [2.24, 2.45) is 5.92 Å². The molecule has 0 aromatic rings. The average molecular weight is 295 g/mol. The lowest BCUT2D eigenvalue weighted by Gasteiger charge is -2.22. The molecule has 0 aromatic heterocycles. The molecule has 0 spiro atoms. The summed E-state index contributed by atoms with van der Waals surface area (Å²) >= 11 is 0. The van der Waals surface area contributed by atoms with E-state index in [2.05, 4.69) is 10.6 Å². The third kappa shape index (κ3) is 3.96. The van der Waals surface area contributed by atoms with Crippen molar-refractivity contribution in [1.82, 2.24) is 15.5 Å². The van der Waals surface area contributed by atoms with E-state index < -0.39 is 24.0 Å². The first-order valence-electron chi connectivity index (χ1n) is 7.24. The van der Waals surface area contributed by atoms with Gasteiger partial charge in [0.25, 0.3) is 0 Å². The zero-order valence-electron chi connectivity index (χ0n) is 12.0. The highest BCUT2D eigenvalue weighted by Gasteiger charge is 2.27. The Hall–Kier alpha value is -2.05. The van der Waals surface area contributed by atoms with Crippen molar-refractivity contribution in [1.29, 1.82) is 0 Å². The molecule has 1 heterocycles. The standard InChI is InChI=1S/C14H21N3O4/c1-9(12(18)17-6-2-3-7-17)15-14(21)16-11-5-4-10(8-11)13(19)20/h4-5,9-11H,2-3,6-8H2,1H3,(H,19,20)(H2,15,16,21). The molecule has 116 valence electrons. The van der Waals surface area contributed by atoms with E-state index in [0.717, 1.165) is 25.9 Å². The molecule has 3 atom stereocenters. The van der Waals surface area contributed by atoms with Gasteiger partial charge in [0.2, 0.25) is 5.91 Å². The van der Waals surface area contributed by atoms with E-state index in [1.54, 1.807) is 24.0 Å². The number of urea groups is 1. The van der Waals surface area contributed by atoms with Crippen LogP contribution in [0.1, 0.15) is 26.2 Å². The van der Waals surface area contributed by atoms with E-state index >= 15 is 0 Å². The number of carboxylic acid groups (broad SMARTS) is 1. The Kier molecular flexibility index (Phi) is 4.82. The first kappa shape index (κ1) is 15.3. The fourth-order valence-corrected chi connectivity index (χ4v) is 2.67. The normalized spacial score (nSPS) is 25.7. The van der Waals surface area contributed by atoms with E-state index in [0.29, 0.717) is 6.42 Å². The molecule has 0 aromatic carbocycles.